The van der Waals surface area contributed by atoms with Crippen molar-refractivity contribution in [3.63, 3.8) is 0 Å². The molecule has 0 spiro atoms. The molecule has 0 radical (unpaired) electrons. The predicted octanol–water partition coefficient (Wildman–Crippen LogP) is -0.758. The van der Waals surface area contributed by atoms with E-state index >= 15 is 0 Å². The number of carbonyl (C=O) groups is 1. The van der Waals surface area contributed by atoms with Crippen molar-refractivity contribution in [1.82, 2.24) is 15.1 Å². The second kappa shape index (κ2) is 9.23. The highest BCUT2D eigenvalue weighted by molar-refractivity contribution is 7.91. The van der Waals surface area contributed by atoms with E-state index in [1.165, 1.54) is 0 Å². The van der Waals surface area contributed by atoms with E-state index in [0.717, 1.165) is 12.8 Å². The molecular weight excluding hydrogens is 346 g/mol. The Bertz CT molecular complexity index is 558. The molecule has 0 aromatic carbocycles. The lowest BCUT2D eigenvalue weighted by atomic mass is 10.1. The van der Waals surface area contributed by atoms with Gasteiger partial charge in [0.05, 0.1) is 24.7 Å². The third-order valence-electron chi connectivity index (χ3n) is 4.51. The summed E-state index contributed by atoms with van der Waals surface area (Å²) in [6, 6.07) is 0.203. The average Bonchev–Trinajstić information content (AvgIpc) is 2.57. The summed E-state index contributed by atoms with van der Waals surface area (Å²) in [5, 5.41) is 3.20. The van der Waals surface area contributed by atoms with Crippen molar-refractivity contribution in [2.75, 3.05) is 57.4 Å². The molecule has 0 atom stereocenters. The number of nitrogens with one attached hydrogen (secondary N) is 1. The van der Waals surface area contributed by atoms with E-state index in [-0.39, 0.29) is 23.6 Å². The highest BCUT2D eigenvalue weighted by atomic mass is 32.2. The van der Waals surface area contributed by atoms with E-state index in [4.69, 9.17) is 10.5 Å². The molecule has 0 aliphatic carbocycles. The zero-order valence-electron chi connectivity index (χ0n) is 14.8. The number of nitrogens with zero attached hydrogens (tertiary/aromatic N) is 3. The number of hydrogen-bond acceptors (Lipinski definition) is 6. The lowest BCUT2D eigenvalue weighted by molar-refractivity contribution is 0.0963. The number of ether oxygens (including phenoxy) is 1. The smallest absolute Gasteiger partial charge is 0.409 e. The van der Waals surface area contributed by atoms with E-state index in [1.807, 2.05) is 0 Å². The molecule has 2 aliphatic heterocycles. The van der Waals surface area contributed by atoms with Crippen molar-refractivity contribution in [1.29, 1.82) is 0 Å². The number of guanidine groups is 1. The molecule has 2 heterocycles. The summed E-state index contributed by atoms with van der Waals surface area (Å²) < 4.78 is 27.8. The minimum atomic E-state index is -2.84. The maximum Gasteiger partial charge on any atom is 0.409 e. The number of rotatable bonds is 5. The Balaban J connectivity index is 1.64. The quantitative estimate of drug-likeness (QED) is 0.479. The molecular formula is C15H29N5O4S. The number of hydrogen-bond donors (Lipinski definition) is 2. The fourth-order valence-corrected chi connectivity index (χ4v) is 4.24. The van der Waals surface area contributed by atoms with Crippen LogP contribution in [0.1, 0.15) is 19.8 Å². The van der Waals surface area contributed by atoms with Crippen molar-refractivity contribution >= 4 is 21.9 Å². The molecule has 10 heteroatoms. The number of amides is 1. The molecule has 2 aliphatic rings. The van der Waals surface area contributed by atoms with Crippen LogP contribution in [0.5, 0.6) is 0 Å². The van der Waals surface area contributed by atoms with Crippen LogP contribution in [0.15, 0.2) is 4.99 Å². The first-order chi connectivity index (χ1) is 11.9. The maximum absolute atomic E-state index is 11.7. The van der Waals surface area contributed by atoms with E-state index in [2.05, 4.69) is 15.2 Å². The van der Waals surface area contributed by atoms with Crippen molar-refractivity contribution in [3.8, 4) is 0 Å². The first kappa shape index (κ1) is 19.8. The normalized spacial score (nSPS) is 22.6. The van der Waals surface area contributed by atoms with Crippen LogP contribution >= 0.6 is 0 Å². The van der Waals surface area contributed by atoms with Crippen LogP contribution < -0.4 is 11.1 Å². The summed E-state index contributed by atoms with van der Waals surface area (Å²) in [6.07, 6.45) is 1.35. The lowest BCUT2D eigenvalue weighted by Crippen LogP contribution is -2.48. The molecule has 2 fully saturated rings. The van der Waals surface area contributed by atoms with Crippen LogP contribution in [0.25, 0.3) is 0 Å². The fraction of sp³-hybridized carbons (Fsp3) is 0.867. The molecule has 2 rings (SSSR count). The molecule has 25 heavy (non-hydrogen) atoms. The van der Waals surface area contributed by atoms with Crippen molar-refractivity contribution < 1.29 is 17.9 Å². The number of aliphatic imine (C=N–C) groups is 1. The summed E-state index contributed by atoms with van der Waals surface area (Å²) in [6.45, 7) is 5.86. The molecule has 144 valence electrons. The third-order valence-corrected chi connectivity index (χ3v) is 6.12. The van der Waals surface area contributed by atoms with Gasteiger partial charge in [-0.2, -0.15) is 0 Å². The van der Waals surface area contributed by atoms with Crippen LogP contribution in [-0.4, -0.2) is 93.7 Å². The minimum absolute atomic E-state index is 0.203. The fourth-order valence-electron chi connectivity index (χ4n) is 2.96. The molecule has 3 N–H and O–H groups in total. The van der Waals surface area contributed by atoms with E-state index in [1.54, 1.807) is 11.8 Å². The zero-order chi connectivity index (χ0) is 18.3. The van der Waals surface area contributed by atoms with Gasteiger partial charge in [-0.25, -0.2) is 13.2 Å². The largest absolute Gasteiger partial charge is 0.450 e. The molecule has 0 bridgehead atoms. The number of carbonyl (C=O) groups excluding carboxylic acids is 1. The second-order valence-electron chi connectivity index (χ2n) is 6.36. The highest BCUT2D eigenvalue weighted by Gasteiger charge is 2.24. The monoisotopic (exact) mass is 375 g/mol. The van der Waals surface area contributed by atoms with Gasteiger partial charge in [0.25, 0.3) is 0 Å². The molecule has 0 unspecified atom stereocenters. The lowest BCUT2D eigenvalue weighted by Gasteiger charge is -2.31. The van der Waals surface area contributed by atoms with Crippen LogP contribution in [0.3, 0.4) is 0 Å². The number of sulfone groups is 1. The van der Waals surface area contributed by atoms with Crippen LogP contribution in [0.4, 0.5) is 4.79 Å². The summed E-state index contributed by atoms with van der Waals surface area (Å²) in [5.41, 5.74) is 5.92. The first-order valence-electron chi connectivity index (χ1n) is 8.80. The molecule has 1 amide bonds. The SMILES string of the molecule is CCOC(=O)N1CCC(NC(N)=NCCN2CCS(=O)(=O)CC2)CC1. The van der Waals surface area contributed by atoms with Gasteiger partial charge in [0.2, 0.25) is 0 Å². The van der Waals surface area contributed by atoms with Crippen molar-refractivity contribution in [3.05, 3.63) is 0 Å². The van der Waals surface area contributed by atoms with E-state index in [0.29, 0.717) is 51.8 Å². The Morgan fingerprint density at radius 2 is 1.88 bits per heavy atom. The van der Waals surface area contributed by atoms with Gasteiger partial charge in [-0.15, -0.1) is 0 Å². The Hall–Kier alpha value is -1.55. The van der Waals surface area contributed by atoms with Crippen LogP contribution in [0, 0.1) is 0 Å². The summed E-state index contributed by atoms with van der Waals surface area (Å²) in [5.74, 6) is 0.853. The van der Waals surface area contributed by atoms with Gasteiger partial charge < -0.3 is 20.7 Å². The van der Waals surface area contributed by atoms with E-state index in [9.17, 15) is 13.2 Å². The topological polar surface area (TPSA) is 117 Å². The third kappa shape index (κ3) is 6.69. The minimum Gasteiger partial charge on any atom is -0.450 e. The predicted molar refractivity (Wildman–Crippen MR) is 96.3 cm³/mol. The molecule has 0 saturated carbocycles. The zero-order valence-corrected chi connectivity index (χ0v) is 15.6. The molecule has 0 aromatic heterocycles. The molecule has 0 aromatic rings. The van der Waals surface area contributed by atoms with Crippen LogP contribution in [-0.2, 0) is 14.6 Å². The Kier molecular flexibility index (Phi) is 7.30. The van der Waals surface area contributed by atoms with E-state index < -0.39 is 9.84 Å². The Morgan fingerprint density at radius 1 is 1.24 bits per heavy atom. The Morgan fingerprint density at radius 3 is 2.48 bits per heavy atom. The second-order valence-corrected chi connectivity index (χ2v) is 8.67. The van der Waals surface area contributed by atoms with Gasteiger partial charge in [0.1, 0.15) is 0 Å². The average molecular weight is 375 g/mol. The number of nitrogens with two attached hydrogens (primary N) is 1. The van der Waals surface area contributed by atoms with Crippen molar-refractivity contribution in [2.45, 2.75) is 25.8 Å². The van der Waals surface area contributed by atoms with Gasteiger partial charge >= 0.3 is 6.09 Å². The standard InChI is InChI=1S/C15H29N5O4S/c1-2-24-15(21)20-6-3-13(4-7-20)18-14(16)17-5-8-19-9-11-25(22,23)12-10-19/h13H,2-12H2,1H3,(H3,16,17,18). The van der Waals surface area contributed by atoms with Gasteiger partial charge in [-0.1, -0.05) is 0 Å². The van der Waals surface area contributed by atoms with Gasteiger partial charge in [0.15, 0.2) is 15.8 Å². The Labute approximate surface area is 149 Å². The van der Waals surface area contributed by atoms with Crippen LogP contribution in [0.2, 0.25) is 0 Å². The van der Waals surface area contributed by atoms with Gasteiger partial charge in [-0.05, 0) is 19.8 Å². The summed E-state index contributed by atoms with van der Waals surface area (Å²) >= 11 is 0. The van der Waals surface area contributed by atoms with Gasteiger partial charge in [0, 0.05) is 38.8 Å². The number of piperidine rings is 1. The molecule has 2 saturated heterocycles. The number of likely N-dealkylation sites (tertiary alicyclic amines) is 1. The maximum atomic E-state index is 11.7. The summed E-state index contributed by atoms with van der Waals surface area (Å²) in [4.78, 5) is 19.8. The highest BCUT2D eigenvalue weighted by Crippen LogP contribution is 2.11. The first-order valence-corrected chi connectivity index (χ1v) is 10.6. The summed E-state index contributed by atoms with van der Waals surface area (Å²) in [7, 11) is -2.84. The molecule has 9 nitrogen and oxygen atoms in total. The van der Waals surface area contributed by atoms with Crippen molar-refractivity contribution in [2.24, 2.45) is 10.7 Å². The van der Waals surface area contributed by atoms with Gasteiger partial charge in [-0.3, -0.25) is 9.89 Å².